The van der Waals surface area contributed by atoms with E-state index in [9.17, 15) is 28.1 Å². The smallest absolute Gasteiger partial charge is 0.331 e. The Hall–Kier alpha value is -4.45. The minimum absolute atomic E-state index is 0.0299. The fourth-order valence-corrected chi connectivity index (χ4v) is 5.48. The van der Waals surface area contributed by atoms with Crippen molar-refractivity contribution < 1.29 is 27.7 Å². The molecule has 12 heteroatoms. The number of esters is 1. The Morgan fingerprint density at radius 1 is 1.11 bits per heavy atom. The molecule has 1 aliphatic heterocycles. The van der Waals surface area contributed by atoms with Crippen LogP contribution in [-0.2, 0) is 19.6 Å². The van der Waals surface area contributed by atoms with Crippen molar-refractivity contribution in [2.45, 2.75) is 11.8 Å². The third-order valence-electron chi connectivity index (χ3n) is 5.43. The molecule has 0 saturated heterocycles. The highest BCUT2D eigenvalue weighted by Gasteiger charge is 2.29. The van der Waals surface area contributed by atoms with Crippen molar-refractivity contribution in [2.24, 2.45) is 0 Å². The second-order valence-electron chi connectivity index (χ2n) is 7.79. The van der Waals surface area contributed by atoms with E-state index >= 15 is 0 Å². The lowest BCUT2D eigenvalue weighted by Gasteiger charge is -2.29. The molecule has 0 atom stereocenters. The van der Waals surface area contributed by atoms with Crippen molar-refractivity contribution in [3.8, 4) is 5.75 Å². The summed E-state index contributed by atoms with van der Waals surface area (Å²) < 4.78 is 33.3. The number of non-ortho nitro benzene ring substituents is 1. The highest BCUT2D eigenvalue weighted by molar-refractivity contribution is 7.93. The van der Waals surface area contributed by atoms with Crippen molar-refractivity contribution in [3.05, 3.63) is 82.9 Å². The van der Waals surface area contributed by atoms with E-state index in [0.717, 1.165) is 6.07 Å². The Morgan fingerprint density at radius 2 is 1.81 bits per heavy atom. The summed E-state index contributed by atoms with van der Waals surface area (Å²) in [5.41, 5.74) is 0.641. The van der Waals surface area contributed by atoms with Crippen LogP contribution in [0, 0.1) is 10.1 Å². The molecule has 11 nitrogen and oxygen atoms in total. The van der Waals surface area contributed by atoms with Gasteiger partial charge in [-0.15, -0.1) is 0 Å². The van der Waals surface area contributed by atoms with Crippen LogP contribution in [0.15, 0.2) is 77.7 Å². The first-order valence-corrected chi connectivity index (χ1v) is 12.4. The van der Waals surface area contributed by atoms with Crippen LogP contribution < -0.4 is 19.3 Å². The van der Waals surface area contributed by atoms with Crippen LogP contribution in [0.1, 0.15) is 6.92 Å². The number of carbonyl (C=O) groups is 2. The maximum absolute atomic E-state index is 13.5. The van der Waals surface area contributed by atoms with Gasteiger partial charge in [0.25, 0.3) is 15.7 Å². The average molecular weight is 511 g/mol. The Kier molecular flexibility index (Phi) is 6.88. The molecule has 3 aromatic rings. The van der Waals surface area contributed by atoms with E-state index in [1.165, 1.54) is 33.5 Å². The largest absolute Gasteiger partial charge is 0.423 e. The van der Waals surface area contributed by atoms with Gasteiger partial charge in [0.2, 0.25) is 5.91 Å². The normalized spacial score (nSPS) is 12.9. The molecule has 186 valence electrons. The topological polar surface area (TPSA) is 139 Å². The van der Waals surface area contributed by atoms with Gasteiger partial charge in [-0.2, -0.15) is 0 Å². The predicted octanol–water partition coefficient (Wildman–Crippen LogP) is 3.17. The number of nitro benzene ring substituents is 1. The lowest BCUT2D eigenvalue weighted by atomic mass is 10.2. The summed E-state index contributed by atoms with van der Waals surface area (Å²) >= 11 is 0. The van der Waals surface area contributed by atoms with E-state index in [4.69, 9.17) is 4.74 Å². The van der Waals surface area contributed by atoms with E-state index in [1.807, 2.05) is 0 Å². The predicted molar refractivity (Wildman–Crippen MR) is 133 cm³/mol. The SMILES string of the molecule is CCN(c1ccccc1)S(=O)(=O)c1ccccc1NC(=O)CN1CC(=O)Oc2cc([N+](=O)[O-])ccc21. The quantitative estimate of drug-likeness (QED) is 0.211. The summed E-state index contributed by atoms with van der Waals surface area (Å²) in [5.74, 6) is -1.29. The van der Waals surface area contributed by atoms with Gasteiger partial charge in [-0.1, -0.05) is 30.3 Å². The second kappa shape index (κ2) is 10.0. The van der Waals surface area contributed by atoms with E-state index < -0.39 is 26.8 Å². The first kappa shape index (κ1) is 24.7. The zero-order valence-corrected chi connectivity index (χ0v) is 20.0. The highest BCUT2D eigenvalue weighted by atomic mass is 32.2. The number of anilines is 3. The maximum atomic E-state index is 13.5. The number of sulfonamides is 1. The number of rotatable bonds is 8. The summed E-state index contributed by atoms with van der Waals surface area (Å²) in [5, 5.41) is 13.7. The molecule has 1 amide bonds. The van der Waals surface area contributed by atoms with Crippen molar-refractivity contribution in [3.63, 3.8) is 0 Å². The minimum Gasteiger partial charge on any atom is -0.423 e. The number of ether oxygens (including phenoxy) is 1. The van der Waals surface area contributed by atoms with E-state index in [2.05, 4.69) is 5.32 Å². The third-order valence-corrected chi connectivity index (χ3v) is 7.39. The molecule has 1 aliphatic rings. The van der Waals surface area contributed by atoms with Crippen LogP contribution in [0.2, 0.25) is 0 Å². The number of hydrogen-bond acceptors (Lipinski definition) is 8. The molecule has 0 fully saturated rings. The van der Waals surface area contributed by atoms with Crippen molar-refractivity contribution in [1.29, 1.82) is 0 Å². The monoisotopic (exact) mass is 510 g/mol. The molecule has 4 rings (SSSR count). The number of benzene rings is 3. The number of nitrogens with zero attached hydrogens (tertiary/aromatic N) is 3. The van der Waals surface area contributed by atoms with Gasteiger partial charge in [0, 0.05) is 12.6 Å². The van der Waals surface area contributed by atoms with Crippen LogP contribution in [0.5, 0.6) is 5.75 Å². The number of hydrogen-bond donors (Lipinski definition) is 1. The van der Waals surface area contributed by atoms with Crippen LogP contribution in [0.4, 0.5) is 22.7 Å². The molecular weight excluding hydrogens is 488 g/mol. The summed E-state index contributed by atoms with van der Waals surface area (Å²) in [6, 6.07) is 18.4. The van der Waals surface area contributed by atoms with Gasteiger partial charge in [-0.05, 0) is 37.3 Å². The van der Waals surface area contributed by atoms with E-state index in [0.29, 0.717) is 11.4 Å². The molecule has 36 heavy (non-hydrogen) atoms. The van der Waals surface area contributed by atoms with Crippen LogP contribution in [-0.4, -0.2) is 44.9 Å². The van der Waals surface area contributed by atoms with Crippen LogP contribution in [0.3, 0.4) is 0 Å². The van der Waals surface area contributed by atoms with Gasteiger partial charge in [0.05, 0.1) is 34.6 Å². The first-order valence-electron chi connectivity index (χ1n) is 10.9. The lowest BCUT2D eigenvalue weighted by Crippen LogP contribution is -2.41. The Bertz CT molecular complexity index is 1430. The number of carbonyl (C=O) groups excluding carboxylic acids is 2. The number of para-hydroxylation sites is 2. The number of fused-ring (bicyclic) bond motifs is 1. The summed E-state index contributed by atoms with van der Waals surface area (Å²) in [7, 11) is -4.02. The summed E-state index contributed by atoms with van der Waals surface area (Å²) in [6.45, 7) is 1.32. The van der Waals surface area contributed by atoms with Crippen LogP contribution >= 0.6 is 0 Å². The Labute approximate surface area is 207 Å². The Morgan fingerprint density at radius 3 is 2.50 bits per heavy atom. The highest BCUT2D eigenvalue weighted by Crippen LogP contribution is 2.35. The molecule has 0 radical (unpaired) electrons. The molecule has 3 aromatic carbocycles. The minimum atomic E-state index is -4.02. The van der Waals surface area contributed by atoms with Crippen molar-refractivity contribution in [1.82, 2.24) is 0 Å². The van der Waals surface area contributed by atoms with Gasteiger partial charge in [-0.3, -0.25) is 19.2 Å². The maximum Gasteiger partial charge on any atom is 0.331 e. The molecule has 0 spiro atoms. The fourth-order valence-electron chi connectivity index (χ4n) is 3.86. The van der Waals surface area contributed by atoms with Gasteiger partial charge in [0.15, 0.2) is 5.75 Å². The van der Waals surface area contributed by atoms with Gasteiger partial charge >= 0.3 is 5.97 Å². The number of nitrogens with one attached hydrogen (secondary N) is 1. The fraction of sp³-hybridized carbons (Fsp3) is 0.167. The molecule has 0 saturated carbocycles. The van der Waals surface area contributed by atoms with Gasteiger partial charge in [-0.25, -0.2) is 13.2 Å². The molecule has 0 aromatic heterocycles. The summed E-state index contributed by atoms with van der Waals surface area (Å²) in [6.07, 6.45) is 0. The number of amides is 1. The standard InChI is InChI=1S/C24H22N4O7S/c1-2-27(17-8-4-3-5-9-17)36(33,34)22-11-7-6-10-19(22)25-23(29)15-26-16-24(30)35-21-14-18(28(31)32)12-13-20(21)26/h3-14H,2,15-16H2,1H3,(H,25,29). The van der Waals surface area contributed by atoms with Crippen molar-refractivity contribution in [2.75, 3.05) is 34.2 Å². The molecule has 0 unspecified atom stereocenters. The molecule has 0 bridgehead atoms. The molecule has 1 N–H and O–H groups in total. The summed E-state index contributed by atoms with van der Waals surface area (Å²) in [4.78, 5) is 36.7. The lowest BCUT2D eigenvalue weighted by molar-refractivity contribution is -0.384. The average Bonchev–Trinajstić information content (AvgIpc) is 2.84. The zero-order chi connectivity index (χ0) is 25.9. The Balaban J connectivity index is 1.58. The number of nitro groups is 1. The third kappa shape index (κ3) is 4.98. The van der Waals surface area contributed by atoms with E-state index in [-0.39, 0.29) is 41.7 Å². The zero-order valence-electron chi connectivity index (χ0n) is 19.2. The van der Waals surface area contributed by atoms with Gasteiger partial charge in [0.1, 0.15) is 11.4 Å². The second-order valence-corrected chi connectivity index (χ2v) is 9.62. The van der Waals surface area contributed by atoms with Crippen molar-refractivity contribution >= 4 is 44.6 Å². The molecule has 0 aliphatic carbocycles. The molecular formula is C24H22N4O7S. The first-order chi connectivity index (χ1) is 17.2. The van der Waals surface area contributed by atoms with Gasteiger partial charge < -0.3 is 15.0 Å². The molecule has 1 heterocycles. The van der Waals surface area contributed by atoms with E-state index in [1.54, 1.807) is 49.4 Å². The van der Waals surface area contributed by atoms with Crippen LogP contribution in [0.25, 0.3) is 0 Å².